The fraction of sp³-hybridized carbons (Fsp3) is 0.833. The maximum atomic E-state index is 14.8. The van der Waals surface area contributed by atoms with Crippen LogP contribution in [0.4, 0.5) is 0 Å². The zero-order valence-corrected chi connectivity index (χ0v) is 66.5. The molecule has 2 N–H and O–H groups in total. The van der Waals surface area contributed by atoms with E-state index in [-0.39, 0.29) is 82.3 Å². The number of rotatable bonds is 46. The Labute approximate surface area is 631 Å². The molecule has 2 saturated heterocycles. The molecule has 0 aromatic carbocycles. The van der Waals surface area contributed by atoms with Gasteiger partial charge >= 0.3 is 29.8 Å². The Morgan fingerprint density at radius 2 is 1.13 bits per heavy atom. The second kappa shape index (κ2) is 53.0. The Kier molecular flexibility index (Phi) is 46.7. The molecular formula is C84H141NO20. The van der Waals surface area contributed by atoms with Gasteiger partial charge in [-0.25, -0.2) is 4.79 Å². The van der Waals surface area contributed by atoms with Crippen molar-refractivity contribution in [1.82, 2.24) is 4.90 Å². The summed E-state index contributed by atoms with van der Waals surface area (Å²) >= 11 is 0. The predicted octanol–water partition coefficient (Wildman–Crippen LogP) is 15.9. The number of esters is 5. The molecule has 0 aromatic rings. The van der Waals surface area contributed by atoms with Crippen molar-refractivity contribution in [1.29, 1.82) is 0 Å². The Morgan fingerprint density at radius 1 is 0.629 bits per heavy atom. The SMILES string of the molecule is C=CC[C@@H]1/C=C(\C)C[C@H](C)C[C@H](OC)[C@H]2O[C@@](O)(C(=O)C(=O)N3CCCC[C@H]3C(=O)O[C@H](/C(C)=C/C3CC[C@@H](OCOC(=O)CCC(=O)OC(COC(=O)CCCCCCCCCCCCCCC)COC(=O)CCCCCCCCCCCCCCC)[C@H](OC)C3)[C@H](C)[C@@H](O)CC1=O)[C@H](C)C[C@@H]2OC. The van der Waals surface area contributed by atoms with Crippen molar-refractivity contribution >= 4 is 47.3 Å². The first-order valence-corrected chi connectivity index (χ1v) is 41.0. The molecule has 4 rings (SSSR count). The number of methoxy groups -OCH3 is 3. The fourth-order valence-corrected chi connectivity index (χ4v) is 15.5. The summed E-state index contributed by atoms with van der Waals surface area (Å²) in [4.78, 5) is 111. The van der Waals surface area contributed by atoms with Gasteiger partial charge in [0.2, 0.25) is 5.79 Å². The number of nitrogens with zero attached hydrogens (tertiary/aromatic N) is 1. The fourth-order valence-electron chi connectivity index (χ4n) is 15.5. The molecule has 1 saturated carbocycles. The molecule has 2 bridgehead atoms. The molecule has 105 heavy (non-hydrogen) atoms. The van der Waals surface area contributed by atoms with Crippen LogP contribution in [0.25, 0.3) is 0 Å². The summed E-state index contributed by atoms with van der Waals surface area (Å²) in [6.07, 6.45) is 33.0. The number of aliphatic hydroxyl groups is 2. The number of aliphatic hydroxyl groups excluding tert-OH is 1. The molecule has 4 aliphatic rings. The number of unbranched alkanes of at least 4 members (excludes halogenated alkanes) is 24. The predicted molar refractivity (Wildman–Crippen MR) is 404 cm³/mol. The Balaban J connectivity index is 1.37. The molecule has 1 aliphatic carbocycles. The van der Waals surface area contributed by atoms with Crippen molar-refractivity contribution in [2.45, 2.75) is 372 Å². The summed E-state index contributed by atoms with van der Waals surface area (Å²) in [6, 6.07) is -1.23. The highest BCUT2D eigenvalue weighted by atomic mass is 16.7. The van der Waals surface area contributed by atoms with Crippen molar-refractivity contribution in [2.24, 2.45) is 29.6 Å². The van der Waals surface area contributed by atoms with Crippen LogP contribution in [0, 0.1) is 29.6 Å². The minimum Gasteiger partial charge on any atom is -0.462 e. The van der Waals surface area contributed by atoms with Crippen LogP contribution in [0.15, 0.2) is 36.0 Å². The maximum absolute atomic E-state index is 14.8. The third kappa shape index (κ3) is 34.7. The van der Waals surface area contributed by atoms with E-state index in [0.717, 1.165) is 49.0 Å². The van der Waals surface area contributed by atoms with Crippen molar-refractivity contribution in [2.75, 3.05) is 47.9 Å². The first-order valence-electron chi connectivity index (χ1n) is 41.0. The highest BCUT2D eigenvalue weighted by molar-refractivity contribution is 6.39. The van der Waals surface area contributed by atoms with Gasteiger partial charge in [-0.05, 0) is 108 Å². The lowest BCUT2D eigenvalue weighted by molar-refractivity contribution is -0.302. The Morgan fingerprint density at radius 3 is 1.66 bits per heavy atom. The van der Waals surface area contributed by atoms with Crippen molar-refractivity contribution in [3.05, 3.63) is 36.0 Å². The normalized spacial score (nSPS) is 27.5. The highest BCUT2D eigenvalue weighted by Gasteiger charge is 2.57. The summed E-state index contributed by atoms with van der Waals surface area (Å²) in [5.41, 5.74) is 1.49. The lowest BCUT2D eigenvalue weighted by Crippen LogP contribution is -2.64. The summed E-state index contributed by atoms with van der Waals surface area (Å²) < 4.78 is 58.8. The maximum Gasteiger partial charge on any atom is 0.329 e. The van der Waals surface area contributed by atoms with Gasteiger partial charge in [-0.2, -0.15) is 0 Å². The third-order valence-corrected chi connectivity index (χ3v) is 22.0. The van der Waals surface area contributed by atoms with E-state index in [9.17, 15) is 48.6 Å². The number of piperidine rings is 1. The van der Waals surface area contributed by atoms with E-state index >= 15 is 0 Å². The van der Waals surface area contributed by atoms with Gasteiger partial charge in [-0.1, -0.05) is 213 Å². The molecule has 0 spiro atoms. The number of carbonyl (C=O) groups excluding carboxylic acids is 8. The molecule has 14 atom stereocenters. The highest BCUT2D eigenvalue weighted by Crippen LogP contribution is 2.40. The van der Waals surface area contributed by atoms with E-state index < -0.39 is 127 Å². The topological polar surface area (TPSA) is 273 Å². The van der Waals surface area contributed by atoms with Crippen molar-refractivity contribution in [3.8, 4) is 0 Å². The molecule has 21 nitrogen and oxygen atoms in total. The van der Waals surface area contributed by atoms with Crippen LogP contribution in [0.2, 0.25) is 0 Å². The van der Waals surface area contributed by atoms with Gasteiger partial charge in [-0.3, -0.25) is 33.6 Å². The van der Waals surface area contributed by atoms with E-state index in [1.807, 2.05) is 26.0 Å². The van der Waals surface area contributed by atoms with E-state index in [1.54, 1.807) is 34.0 Å². The molecule has 3 heterocycles. The molecule has 3 aliphatic heterocycles. The first kappa shape index (κ1) is 92.5. The van der Waals surface area contributed by atoms with Gasteiger partial charge in [0.15, 0.2) is 12.9 Å². The zero-order chi connectivity index (χ0) is 76.9. The number of carbonyl (C=O) groups is 8. The lowest BCUT2D eigenvalue weighted by Gasteiger charge is -2.47. The van der Waals surface area contributed by atoms with Crippen LogP contribution < -0.4 is 0 Å². The Bertz CT molecular complexity index is 2560. The summed E-state index contributed by atoms with van der Waals surface area (Å²) in [6.45, 7) is 16.5. The van der Waals surface area contributed by atoms with Crippen molar-refractivity contribution < 1.29 is 95.9 Å². The summed E-state index contributed by atoms with van der Waals surface area (Å²) in [5.74, 6) is -10.8. The van der Waals surface area contributed by atoms with E-state index in [2.05, 4.69) is 20.4 Å². The molecular weight excluding hydrogens is 1340 g/mol. The van der Waals surface area contributed by atoms with Gasteiger partial charge in [0.05, 0.1) is 43.4 Å². The number of cyclic esters (lactones) is 1. The van der Waals surface area contributed by atoms with Crippen molar-refractivity contribution in [3.63, 3.8) is 0 Å². The molecule has 0 aromatic heterocycles. The molecule has 1 unspecified atom stereocenters. The van der Waals surface area contributed by atoms with Crippen LogP contribution in [0.1, 0.15) is 312 Å². The number of allylic oxidation sites excluding steroid dienone is 4. The number of hydrogen-bond donors (Lipinski definition) is 2. The summed E-state index contributed by atoms with van der Waals surface area (Å²) in [7, 11) is 4.58. The lowest BCUT2D eigenvalue weighted by atomic mass is 9.81. The molecule has 602 valence electrons. The van der Waals surface area contributed by atoms with Crippen LogP contribution in [0.5, 0.6) is 0 Å². The van der Waals surface area contributed by atoms with E-state index in [0.29, 0.717) is 69.8 Å². The first-order chi connectivity index (χ1) is 50.5. The van der Waals surface area contributed by atoms with E-state index in [4.69, 9.17) is 47.4 Å². The Hall–Kier alpha value is -4.90. The number of Topliss-reactive ketones (excluding diaryl/α,β-unsaturated/α-hetero) is 2. The number of hydrogen-bond acceptors (Lipinski definition) is 20. The molecule has 1 amide bonds. The molecule has 0 radical (unpaired) electrons. The van der Waals surface area contributed by atoms with Gasteiger partial charge in [-0.15, -0.1) is 6.58 Å². The van der Waals surface area contributed by atoms with Gasteiger partial charge in [0.1, 0.15) is 37.2 Å². The largest absolute Gasteiger partial charge is 0.462 e. The minimum absolute atomic E-state index is 0.0275. The number of amides is 1. The number of fused-ring (bicyclic) bond motifs is 3. The van der Waals surface area contributed by atoms with Crippen LogP contribution in [0.3, 0.4) is 0 Å². The van der Waals surface area contributed by atoms with Crippen LogP contribution in [-0.2, 0) is 85.7 Å². The van der Waals surface area contributed by atoms with Gasteiger partial charge in [0, 0.05) is 64.9 Å². The number of ketones is 2. The minimum atomic E-state index is -2.58. The van der Waals surface area contributed by atoms with Gasteiger partial charge in [0.25, 0.3) is 11.7 Å². The average Bonchev–Trinajstić information content (AvgIpc) is 0.863. The van der Waals surface area contributed by atoms with Gasteiger partial charge < -0.3 is 62.5 Å². The van der Waals surface area contributed by atoms with E-state index in [1.165, 1.54) is 130 Å². The average molecular weight is 1490 g/mol. The summed E-state index contributed by atoms with van der Waals surface area (Å²) in [5, 5.41) is 24.3. The van der Waals surface area contributed by atoms with Crippen LogP contribution >= 0.6 is 0 Å². The smallest absolute Gasteiger partial charge is 0.329 e. The van der Waals surface area contributed by atoms with Crippen LogP contribution in [-0.4, -0.2) is 171 Å². The second-order valence-electron chi connectivity index (χ2n) is 31.0. The molecule has 21 heteroatoms. The zero-order valence-electron chi connectivity index (χ0n) is 66.5. The standard InChI is InChI=1S/C84H141NO20/c1-12-15-17-19-21-23-25-27-29-31-33-35-37-43-75(88)99-57-67(58-100-76(89)44-38-36-34-32-30-28-26-24-22-20-18-16-13-2)103-78(91)48-47-77(90)102-59-101-71-46-45-65(55-72(71)96-9)53-62(6)79-64(8)69(86)56-70(87)66(41-14-3)51-60(4)50-61(5)52-73(97-10)80-74(98-11)54-63(7)84(95,105-80)81(92)82(93)85-49-40-39-42-68(85)83(94)104-79/h14,51,53,61,63-69,71-74,79-80,86,95H,3,12-13,15-50,52,54-59H2,1-2,4-11H3/b60-51+,62-53+/t61-,63+,64+,65?,66+,68-,69-,71+,72+,73-,74-,79+,80+,84+/m0/s1. The quantitative estimate of drug-likeness (QED) is 0.0143. The molecule has 3 fully saturated rings. The number of ether oxygens (including phenoxy) is 10. The monoisotopic (exact) mass is 1480 g/mol. The second-order valence-corrected chi connectivity index (χ2v) is 31.0. The third-order valence-electron chi connectivity index (χ3n) is 22.0.